The molecule has 0 radical (unpaired) electrons. The first-order chi connectivity index (χ1) is 8.65. The van der Waals surface area contributed by atoms with Crippen molar-refractivity contribution in [3.8, 4) is 0 Å². The lowest BCUT2D eigenvalue weighted by molar-refractivity contribution is 0.630. The van der Waals surface area contributed by atoms with Gasteiger partial charge in [0.05, 0.1) is 0 Å². The van der Waals surface area contributed by atoms with Crippen molar-refractivity contribution in [1.29, 1.82) is 0 Å². The van der Waals surface area contributed by atoms with Crippen molar-refractivity contribution in [3.05, 3.63) is 54.0 Å². The van der Waals surface area contributed by atoms with Crippen LogP contribution in [0.5, 0.6) is 0 Å². The molecule has 94 valence electrons. The van der Waals surface area contributed by atoms with E-state index in [1.807, 2.05) is 12.1 Å². The molecule has 0 saturated heterocycles. The number of halogens is 1. The second-order valence-corrected chi connectivity index (χ2v) is 4.64. The zero-order chi connectivity index (χ0) is 13.1. The maximum atomic E-state index is 13.1. The van der Waals surface area contributed by atoms with E-state index in [-0.39, 0.29) is 5.82 Å². The minimum atomic E-state index is -0.202. The molecule has 2 aromatic carbocycles. The minimum Gasteiger partial charge on any atom is -0.404 e. The Balaban J connectivity index is 2.50. The lowest BCUT2D eigenvalue weighted by Gasteiger charge is -2.14. The van der Waals surface area contributed by atoms with E-state index in [4.69, 9.17) is 5.73 Å². The fourth-order valence-corrected chi connectivity index (χ4v) is 2.16. The van der Waals surface area contributed by atoms with Crippen LogP contribution < -0.4 is 5.73 Å². The summed E-state index contributed by atoms with van der Waals surface area (Å²) in [5.41, 5.74) is 7.99. The highest BCUT2D eigenvalue weighted by Gasteiger charge is 2.09. The Morgan fingerprint density at radius 2 is 1.89 bits per heavy atom. The van der Waals surface area contributed by atoms with Crippen LogP contribution in [0.25, 0.3) is 16.3 Å². The molecular formula is C16H18FN. The molecule has 0 fully saturated rings. The number of fused-ring (bicyclic) bond motifs is 1. The molecule has 0 aliphatic carbocycles. The van der Waals surface area contributed by atoms with E-state index >= 15 is 0 Å². The third kappa shape index (κ3) is 2.37. The van der Waals surface area contributed by atoms with Gasteiger partial charge in [-0.25, -0.2) is 4.39 Å². The molecule has 0 aliphatic rings. The average molecular weight is 243 g/mol. The molecule has 1 atom stereocenters. The van der Waals surface area contributed by atoms with Gasteiger partial charge in [-0.2, -0.15) is 0 Å². The average Bonchev–Trinajstić information content (AvgIpc) is 2.39. The van der Waals surface area contributed by atoms with E-state index < -0.39 is 0 Å². The smallest absolute Gasteiger partial charge is 0.123 e. The lowest BCUT2D eigenvalue weighted by atomic mass is 9.91. The fraction of sp³-hybridized carbons (Fsp3) is 0.250. The Morgan fingerprint density at radius 1 is 1.22 bits per heavy atom. The summed E-state index contributed by atoms with van der Waals surface area (Å²) in [6.07, 6.45) is 2.73. The molecule has 18 heavy (non-hydrogen) atoms. The molecule has 2 aromatic rings. The summed E-state index contributed by atoms with van der Waals surface area (Å²) in [6.45, 7) is 4.30. The van der Waals surface area contributed by atoms with Crippen molar-refractivity contribution in [2.45, 2.75) is 20.3 Å². The van der Waals surface area contributed by atoms with Crippen LogP contribution in [0.2, 0.25) is 0 Å². The minimum absolute atomic E-state index is 0.202. The predicted molar refractivity (Wildman–Crippen MR) is 75.5 cm³/mol. The molecule has 1 unspecified atom stereocenters. The van der Waals surface area contributed by atoms with E-state index in [9.17, 15) is 4.39 Å². The summed E-state index contributed by atoms with van der Waals surface area (Å²) in [4.78, 5) is 0. The Morgan fingerprint density at radius 3 is 2.56 bits per heavy atom. The molecule has 0 heterocycles. The normalized spacial score (nSPS) is 13.8. The third-order valence-corrected chi connectivity index (χ3v) is 3.46. The summed E-state index contributed by atoms with van der Waals surface area (Å²) in [5, 5.41) is 1.95. The maximum absolute atomic E-state index is 13.1. The second kappa shape index (κ2) is 5.21. The zero-order valence-electron chi connectivity index (χ0n) is 10.8. The first-order valence-electron chi connectivity index (χ1n) is 6.27. The van der Waals surface area contributed by atoms with Crippen molar-refractivity contribution in [2.75, 3.05) is 0 Å². The number of benzene rings is 2. The first kappa shape index (κ1) is 12.6. The van der Waals surface area contributed by atoms with Gasteiger partial charge in [-0.1, -0.05) is 32.0 Å². The monoisotopic (exact) mass is 243 g/mol. The van der Waals surface area contributed by atoms with Gasteiger partial charge in [0.1, 0.15) is 5.82 Å². The molecule has 0 bridgehead atoms. The molecule has 2 rings (SSSR count). The largest absolute Gasteiger partial charge is 0.404 e. The Hall–Kier alpha value is -1.83. The first-order valence-corrected chi connectivity index (χ1v) is 6.27. The second-order valence-electron chi connectivity index (χ2n) is 4.64. The van der Waals surface area contributed by atoms with E-state index in [0.717, 1.165) is 28.3 Å². The van der Waals surface area contributed by atoms with Gasteiger partial charge in [0, 0.05) is 0 Å². The molecule has 2 heteroatoms. The van der Waals surface area contributed by atoms with Gasteiger partial charge < -0.3 is 5.73 Å². The van der Waals surface area contributed by atoms with Crippen molar-refractivity contribution in [3.63, 3.8) is 0 Å². The van der Waals surface area contributed by atoms with Gasteiger partial charge in [0.2, 0.25) is 0 Å². The van der Waals surface area contributed by atoms with Gasteiger partial charge in [0.25, 0.3) is 0 Å². The molecule has 0 aliphatic heterocycles. The summed E-state index contributed by atoms with van der Waals surface area (Å²) >= 11 is 0. The SMILES string of the molecule is CCC(C)/C(=C\N)c1ccc2cc(F)ccc2c1. The quantitative estimate of drug-likeness (QED) is 0.853. The van der Waals surface area contributed by atoms with Crippen molar-refractivity contribution < 1.29 is 4.39 Å². The van der Waals surface area contributed by atoms with Crippen LogP contribution in [0.1, 0.15) is 25.8 Å². The number of hydrogen-bond donors (Lipinski definition) is 1. The Kier molecular flexibility index (Phi) is 3.66. The van der Waals surface area contributed by atoms with Crippen molar-refractivity contribution in [1.82, 2.24) is 0 Å². The highest BCUT2D eigenvalue weighted by molar-refractivity contribution is 5.86. The predicted octanol–water partition coefficient (Wildman–Crippen LogP) is 4.32. The zero-order valence-corrected chi connectivity index (χ0v) is 10.8. The van der Waals surface area contributed by atoms with E-state index in [1.54, 1.807) is 18.3 Å². The fourth-order valence-electron chi connectivity index (χ4n) is 2.16. The van der Waals surface area contributed by atoms with Crippen LogP contribution >= 0.6 is 0 Å². The van der Waals surface area contributed by atoms with Crippen molar-refractivity contribution >= 4 is 16.3 Å². The molecular weight excluding hydrogens is 225 g/mol. The van der Waals surface area contributed by atoms with Crippen LogP contribution in [0.15, 0.2) is 42.6 Å². The van der Waals surface area contributed by atoms with Gasteiger partial charge >= 0.3 is 0 Å². The summed E-state index contributed by atoms with van der Waals surface area (Å²) in [5.74, 6) is 0.222. The van der Waals surface area contributed by atoms with Crippen LogP contribution in [-0.4, -0.2) is 0 Å². The topological polar surface area (TPSA) is 26.0 Å². The van der Waals surface area contributed by atoms with Gasteiger partial charge in [-0.05, 0) is 58.6 Å². The number of allylic oxidation sites excluding steroid dienone is 1. The molecule has 0 amide bonds. The summed E-state index contributed by atoms with van der Waals surface area (Å²) in [7, 11) is 0. The molecule has 1 nitrogen and oxygen atoms in total. The highest BCUT2D eigenvalue weighted by atomic mass is 19.1. The van der Waals surface area contributed by atoms with E-state index in [1.165, 1.54) is 6.07 Å². The molecule has 0 spiro atoms. The standard InChI is InChI=1S/C16H18FN/c1-3-11(2)16(10-18)14-5-4-13-9-15(17)7-6-12(13)8-14/h4-11H,3,18H2,1-2H3/b16-10+. The number of nitrogens with two attached hydrogens (primary N) is 1. The summed E-state index contributed by atoms with van der Waals surface area (Å²) < 4.78 is 13.1. The maximum Gasteiger partial charge on any atom is 0.123 e. The van der Waals surface area contributed by atoms with Crippen LogP contribution in [0.3, 0.4) is 0 Å². The number of rotatable bonds is 3. The van der Waals surface area contributed by atoms with Crippen molar-refractivity contribution in [2.24, 2.45) is 11.7 Å². The van der Waals surface area contributed by atoms with E-state index in [2.05, 4.69) is 19.9 Å². The summed E-state index contributed by atoms with van der Waals surface area (Å²) in [6, 6.07) is 10.9. The van der Waals surface area contributed by atoms with Crippen LogP contribution in [0.4, 0.5) is 4.39 Å². The highest BCUT2D eigenvalue weighted by Crippen LogP contribution is 2.27. The third-order valence-electron chi connectivity index (χ3n) is 3.46. The Bertz CT molecular complexity index is 587. The molecule has 2 N–H and O–H groups in total. The van der Waals surface area contributed by atoms with Crippen LogP contribution in [-0.2, 0) is 0 Å². The molecule has 0 saturated carbocycles. The van der Waals surface area contributed by atoms with Gasteiger partial charge in [-0.3, -0.25) is 0 Å². The number of hydrogen-bond acceptors (Lipinski definition) is 1. The van der Waals surface area contributed by atoms with Crippen LogP contribution in [0, 0.1) is 11.7 Å². The van der Waals surface area contributed by atoms with Gasteiger partial charge in [0.15, 0.2) is 0 Å². The Labute approximate surface area is 107 Å². The van der Waals surface area contributed by atoms with Gasteiger partial charge in [-0.15, -0.1) is 0 Å². The molecule has 0 aromatic heterocycles. The van der Waals surface area contributed by atoms with E-state index in [0.29, 0.717) is 5.92 Å². The lowest BCUT2D eigenvalue weighted by Crippen LogP contribution is -2.00.